The minimum atomic E-state index is -0.120. The first-order valence-electron chi connectivity index (χ1n) is 8.66. The van der Waals surface area contributed by atoms with Gasteiger partial charge in [-0.25, -0.2) is 4.39 Å². The van der Waals surface area contributed by atoms with Gasteiger partial charge in [0.15, 0.2) is 0 Å². The number of rotatable bonds is 6. The Morgan fingerprint density at radius 3 is 2.76 bits per heavy atom. The molecule has 4 unspecified atom stereocenters. The van der Waals surface area contributed by atoms with Crippen molar-refractivity contribution >= 4 is 0 Å². The Bertz CT molecular complexity index is 484. The Labute approximate surface area is 128 Å². The van der Waals surface area contributed by atoms with E-state index < -0.39 is 0 Å². The van der Waals surface area contributed by atoms with Crippen LogP contribution in [0.25, 0.3) is 0 Å². The zero-order valence-electron chi connectivity index (χ0n) is 13.4. The molecule has 1 aromatic carbocycles. The summed E-state index contributed by atoms with van der Waals surface area (Å²) in [7, 11) is 0. The monoisotopic (exact) mass is 289 g/mol. The summed E-state index contributed by atoms with van der Waals surface area (Å²) in [5.74, 6) is 2.72. The van der Waals surface area contributed by atoms with E-state index in [1.165, 1.54) is 37.7 Å². The Balaban J connectivity index is 1.74. The van der Waals surface area contributed by atoms with Crippen LogP contribution in [-0.4, -0.2) is 6.54 Å². The lowest BCUT2D eigenvalue weighted by atomic mass is 9.82. The van der Waals surface area contributed by atoms with Gasteiger partial charge in [-0.2, -0.15) is 0 Å². The highest BCUT2D eigenvalue weighted by Gasteiger charge is 2.40. The molecule has 0 amide bonds. The molecule has 2 saturated carbocycles. The fourth-order valence-electron chi connectivity index (χ4n) is 4.64. The van der Waals surface area contributed by atoms with Crippen LogP contribution in [0, 0.1) is 30.5 Å². The van der Waals surface area contributed by atoms with E-state index in [2.05, 4.69) is 12.2 Å². The number of halogens is 1. The molecular formula is C19H28FN. The Morgan fingerprint density at radius 1 is 1.29 bits per heavy atom. The Morgan fingerprint density at radius 2 is 2.14 bits per heavy atom. The fraction of sp³-hybridized carbons (Fsp3) is 0.684. The van der Waals surface area contributed by atoms with E-state index in [1.807, 2.05) is 13.0 Å². The van der Waals surface area contributed by atoms with E-state index in [4.69, 9.17) is 0 Å². The molecule has 1 nitrogen and oxygen atoms in total. The van der Waals surface area contributed by atoms with Crippen LogP contribution in [0.1, 0.15) is 62.6 Å². The summed E-state index contributed by atoms with van der Waals surface area (Å²) in [5, 5.41) is 3.71. The van der Waals surface area contributed by atoms with E-state index >= 15 is 0 Å². The van der Waals surface area contributed by atoms with Gasteiger partial charge in [0.25, 0.3) is 0 Å². The number of fused-ring (bicyclic) bond motifs is 2. The van der Waals surface area contributed by atoms with Crippen molar-refractivity contribution in [3.8, 4) is 0 Å². The van der Waals surface area contributed by atoms with Crippen molar-refractivity contribution in [3.05, 3.63) is 35.1 Å². The van der Waals surface area contributed by atoms with E-state index in [-0.39, 0.29) is 5.82 Å². The second-order valence-corrected chi connectivity index (χ2v) is 7.18. The van der Waals surface area contributed by atoms with Gasteiger partial charge in [-0.05, 0) is 86.6 Å². The number of aryl methyl sites for hydroxylation is 1. The standard InChI is InChI=1S/C19H28FN/c1-3-8-21-19(18-7-6-17(20)9-13(18)2)12-16-11-14-4-5-15(16)10-14/h6-7,9,14-16,19,21H,3-5,8,10-12H2,1-2H3. The molecule has 3 rings (SSSR count). The van der Waals surface area contributed by atoms with Crippen LogP contribution in [0.4, 0.5) is 4.39 Å². The van der Waals surface area contributed by atoms with E-state index in [0.29, 0.717) is 6.04 Å². The maximum absolute atomic E-state index is 13.4. The van der Waals surface area contributed by atoms with Crippen molar-refractivity contribution in [2.24, 2.45) is 17.8 Å². The summed E-state index contributed by atoms with van der Waals surface area (Å²) in [4.78, 5) is 0. The molecule has 0 saturated heterocycles. The molecular weight excluding hydrogens is 261 g/mol. The summed E-state index contributed by atoms with van der Waals surface area (Å²) in [6.07, 6.45) is 8.17. The lowest BCUT2D eigenvalue weighted by molar-refractivity contribution is 0.279. The largest absolute Gasteiger partial charge is 0.310 e. The molecule has 2 aliphatic rings. The van der Waals surface area contributed by atoms with E-state index in [1.54, 1.807) is 12.1 Å². The molecule has 4 atom stereocenters. The fourth-order valence-corrected chi connectivity index (χ4v) is 4.64. The highest BCUT2D eigenvalue weighted by Crippen LogP contribution is 2.51. The van der Waals surface area contributed by atoms with Crippen LogP contribution in [0.3, 0.4) is 0 Å². The first kappa shape index (κ1) is 15.0. The molecule has 0 heterocycles. The molecule has 0 radical (unpaired) electrons. The third kappa shape index (κ3) is 3.31. The number of hydrogen-bond acceptors (Lipinski definition) is 1. The van der Waals surface area contributed by atoms with Crippen molar-refractivity contribution < 1.29 is 4.39 Å². The number of benzene rings is 1. The van der Waals surface area contributed by atoms with Gasteiger partial charge in [-0.3, -0.25) is 0 Å². The predicted octanol–water partition coefficient (Wildman–Crippen LogP) is 5.00. The van der Waals surface area contributed by atoms with Crippen molar-refractivity contribution in [1.29, 1.82) is 0 Å². The van der Waals surface area contributed by atoms with Crippen LogP contribution in [-0.2, 0) is 0 Å². The summed E-state index contributed by atoms with van der Waals surface area (Å²) in [6, 6.07) is 5.68. The normalized spacial score (nSPS) is 29.0. The smallest absolute Gasteiger partial charge is 0.123 e. The summed E-state index contributed by atoms with van der Waals surface area (Å²) < 4.78 is 13.4. The van der Waals surface area contributed by atoms with Crippen LogP contribution in [0.15, 0.2) is 18.2 Å². The second kappa shape index (κ2) is 6.48. The molecule has 2 aliphatic carbocycles. The average molecular weight is 289 g/mol. The molecule has 21 heavy (non-hydrogen) atoms. The topological polar surface area (TPSA) is 12.0 Å². The molecule has 1 aromatic rings. The van der Waals surface area contributed by atoms with E-state index in [0.717, 1.165) is 36.3 Å². The minimum absolute atomic E-state index is 0.120. The third-order valence-electron chi connectivity index (χ3n) is 5.67. The average Bonchev–Trinajstić information content (AvgIpc) is 3.06. The van der Waals surface area contributed by atoms with Crippen molar-refractivity contribution in [1.82, 2.24) is 5.32 Å². The van der Waals surface area contributed by atoms with Crippen LogP contribution >= 0.6 is 0 Å². The van der Waals surface area contributed by atoms with Gasteiger partial charge in [0, 0.05) is 6.04 Å². The molecule has 2 heteroatoms. The predicted molar refractivity (Wildman–Crippen MR) is 85.7 cm³/mol. The molecule has 1 N–H and O–H groups in total. The van der Waals surface area contributed by atoms with Crippen molar-refractivity contribution in [2.45, 2.75) is 58.4 Å². The SMILES string of the molecule is CCCNC(CC1CC2CCC1C2)c1ccc(F)cc1C. The molecule has 2 fully saturated rings. The molecule has 2 bridgehead atoms. The van der Waals surface area contributed by atoms with Crippen molar-refractivity contribution in [3.63, 3.8) is 0 Å². The van der Waals surface area contributed by atoms with Crippen LogP contribution < -0.4 is 5.32 Å². The van der Waals surface area contributed by atoms with Gasteiger partial charge < -0.3 is 5.32 Å². The minimum Gasteiger partial charge on any atom is -0.310 e. The van der Waals surface area contributed by atoms with Gasteiger partial charge in [0.2, 0.25) is 0 Å². The maximum Gasteiger partial charge on any atom is 0.123 e. The summed E-state index contributed by atoms with van der Waals surface area (Å²) in [5.41, 5.74) is 2.39. The summed E-state index contributed by atoms with van der Waals surface area (Å²) >= 11 is 0. The van der Waals surface area contributed by atoms with Gasteiger partial charge in [-0.1, -0.05) is 19.4 Å². The van der Waals surface area contributed by atoms with Gasteiger partial charge in [-0.15, -0.1) is 0 Å². The quantitative estimate of drug-likeness (QED) is 0.777. The molecule has 116 valence electrons. The highest BCUT2D eigenvalue weighted by atomic mass is 19.1. The molecule has 0 spiro atoms. The van der Waals surface area contributed by atoms with Crippen LogP contribution in [0.2, 0.25) is 0 Å². The summed E-state index contributed by atoms with van der Waals surface area (Å²) in [6.45, 7) is 5.29. The number of nitrogens with one attached hydrogen (secondary N) is 1. The lowest BCUT2D eigenvalue weighted by Gasteiger charge is -2.28. The third-order valence-corrected chi connectivity index (χ3v) is 5.67. The number of hydrogen-bond donors (Lipinski definition) is 1. The van der Waals surface area contributed by atoms with Crippen molar-refractivity contribution in [2.75, 3.05) is 6.54 Å². The first-order chi connectivity index (χ1) is 10.2. The zero-order valence-corrected chi connectivity index (χ0v) is 13.4. The Kier molecular flexibility index (Phi) is 4.63. The second-order valence-electron chi connectivity index (χ2n) is 7.18. The van der Waals surface area contributed by atoms with Gasteiger partial charge in [0.05, 0.1) is 0 Å². The lowest BCUT2D eigenvalue weighted by Crippen LogP contribution is -2.27. The highest BCUT2D eigenvalue weighted by molar-refractivity contribution is 5.29. The van der Waals surface area contributed by atoms with Gasteiger partial charge in [0.1, 0.15) is 5.82 Å². The van der Waals surface area contributed by atoms with Gasteiger partial charge >= 0.3 is 0 Å². The zero-order chi connectivity index (χ0) is 14.8. The molecule has 0 aliphatic heterocycles. The Hall–Kier alpha value is -0.890. The molecule has 0 aromatic heterocycles. The maximum atomic E-state index is 13.4. The van der Waals surface area contributed by atoms with E-state index in [9.17, 15) is 4.39 Å². The van der Waals surface area contributed by atoms with Crippen LogP contribution in [0.5, 0.6) is 0 Å². The first-order valence-corrected chi connectivity index (χ1v) is 8.66.